The van der Waals surface area contributed by atoms with Crippen LogP contribution in [0.4, 0.5) is 4.39 Å². The van der Waals surface area contributed by atoms with Crippen molar-refractivity contribution in [2.75, 3.05) is 0 Å². The van der Waals surface area contributed by atoms with Crippen LogP contribution in [-0.2, 0) is 11.2 Å². The number of nitrogens with two attached hydrogens (primary N) is 1. The SMILES string of the molecule is NC1(CC(=O)Cc2ccc(Cl)c(F)c2)CCC1. The summed E-state index contributed by atoms with van der Waals surface area (Å²) < 4.78 is 13.2. The minimum absolute atomic E-state index is 0.0638. The number of benzene rings is 1. The van der Waals surface area contributed by atoms with Crippen LogP contribution in [0.1, 0.15) is 31.2 Å². The molecule has 1 saturated carbocycles. The molecule has 0 saturated heterocycles. The van der Waals surface area contributed by atoms with Gasteiger partial charge in [-0.15, -0.1) is 0 Å². The summed E-state index contributed by atoms with van der Waals surface area (Å²) >= 11 is 5.58. The van der Waals surface area contributed by atoms with Gasteiger partial charge in [0.25, 0.3) is 0 Å². The molecule has 1 aliphatic rings. The zero-order chi connectivity index (χ0) is 12.5. The van der Waals surface area contributed by atoms with Gasteiger partial charge in [0, 0.05) is 18.4 Å². The summed E-state index contributed by atoms with van der Waals surface area (Å²) in [7, 11) is 0. The predicted octanol–water partition coefficient (Wildman–Crippen LogP) is 2.86. The lowest BCUT2D eigenvalue weighted by Gasteiger charge is -2.37. The van der Waals surface area contributed by atoms with E-state index >= 15 is 0 Å². The van der Waals surface area contributed by atoms with Crippen LogP contribution in [0.2, 0.25) is 5.02 Å². The third kappa shape index (κ3) is 3.05. The first-order valence-corrected chi connectivity index (χ1v) is 6.11. The molecule has 17 heavy (non-hydrogen) atoms. The Bertz CT molecular complexity index is 443. The van der Waals surface area contributed by atoms with Gasteiger partial charge in [-0.1, -0.05) is 17.7 Å². The molecule has 0 atom stereocenters. The standard InChI is InChI=1S/C13H15ClFNO/c14-11-3-2-9(7-12(11)15)6-10(17)8-13(16)4-1-5-13/h2-3,7H,1,4-6,8,16H2. The second-order valence-electron chi connectivity index (χ2n) is 4.86. The number of carbonyl (C=O) groups is 1. The highest BCUT2D eigenvalue weighted by atomic mass is 35.5. The maximum absolute atomic E-state index is 13.2. The van der Waals surface area contributed by atoms with E-state index in [9.17, 15) is 9.18 Å². The Balaban J connectivity index is 1.95. The third-order valence-corrected chi connectivity index (χ3v) is 3.59. The monoisotopic (exact) mass is 255 g/mol. The van der Waals surface area contributed by atoms with Crippen LogP contribution in [-0.4, -0.2) is 11.3 Å². The Morgan fingerprint density at radius 3 is 2.71 bits per heavy atom. The van der Waals surface area contributed by atoms with Crippen LogP contribution < -0.4 is 5.73 Å². The van der Waals surface area contributed by atoms with Gasteiger partial charge in [0.05, 0.1) is 5.02 Å². The summed E-state index contributed by atoms with van der Waals surface area (Å²) in [6, 6.07) is 4.46. The van der Waals surface area contributed by atoms with Crippen molar-refractivity contribution in [3.8, 4) is 0 Å². The van der Waals surface area contributed by atoms with Crippen LogP contribution >= 0.6 is 11.6 Å². The van der Waals surface area contributed by atoms with Gasteiger partial charge in [0.2, 0.25) is 0 Å². The third-order valence-electron chi connectivity index (χ3n) is 3.28. The van der Waals surface area contributed by atoms with Crippen molar-refractivity contribution in [1.82, 2.24) is 0 Å². The zero-order valence-electron chi connectivity index (χ0n) is 9.51. The smallest absolute Gasteiger partial charge is 0.142 e. The molecule has 1 fully saturated rings. The number of hydrogen-bond donors (Lipinski definition) is 1. The molecule has 0 bridgehead atoms. The summed E-state index contributed by atoms with van der Waals surface area (Å²) in [6.07, 6.45) is 3.53. The van der Waals surface area contributed by atoms with Crippen molar-refractivity contribution in [3.05, 3.63) is 34.6 Å². The minimum atomic E-state index is -0.483. The number of hydrogen-bond acceptors (Lipinski definition) is 2. The molecule has 0 unspecified atom stereocenters. The van der Waals surface area contributed by atoms with Crippen molar-refractivity contribution in [1.29, 1.82) is 0 Å². The van der Waals surface area contributed by atoms with E-state index in [4.69, 9.17) is 17.3 Å². The molecule has 1 aliphatic carbocycles. The lowest BCUT2D eigenvalue weighted by atomic mass is 9.74. The van der Waals surface area contributed by atoms with Crippen molar-refractivity contribution in [2.24, 2.45) is 5.73 Å². The highest BCUT2D eigenvalue weighted by Gasteiger charge is 2.34. The number of halogens is 2. The number of ketones is 1. The summed E-state index contributed by atoms with van der Waals surface area (Å²) in [4.78, 5) is 11.8. The summed E-state index contributed by atoms with van der Waals surface area (Å²) in [5, 5.41) is 0.0792. The van der Waals surface area contributed by atoms with Crippen LogP contribution in [0.25, 0.3) is 0 Å². The van der Waals surface area contributed by atoms with Crippen LogP contribution in [0.3, 0.4) is 0 Å². The molecule has 0 aromatic heterocycles. The maximum Gasteiger partial charge on any atom is 0.142 e. The largest absolute Gasteiger partial charge is 0.325 e. The first-order chi connectivity index (χ1) is 7.98. The van der Waals surface area contributed by atoms with Gasteiger partial charge in [0.1, 0.15) is 11.6 Å². The molecule has 0 amide bonds. The van der Waals surface area contributed by atoms with Gasteiger partial charge >= 0.3 is 0 Å². The molecule has 0 heterocycles. The average molecular weight is 256 g/mol. The molecule has 1 aromatic rings. The van der Waals surface area contributed by atoms with E-state index in [0.29, 0.717) is 12.0 Å². The van der Waals surface area contributed by atoms with Crippen molar-refractivity contribution in [2.45, 2.75) is 37.6 Å². The predicted molar refractivity (Wildman–Crippen MR) is 65.5 cm³/mol. The van der Waals surface area contributed by atoms with E-state index in [1.807, 2.05) is 0 Å². The fourth-order valence-electron chi connectivity index (χ4n) is 2.14. The summed E-state index contributed by atoms with van der Waals surface area (Å²) in [6.45, 7) is 0. The fourth-order valence-corrected chi connectivity index (χ4v) is 2.26. The molecule has 0 radical (unpaired) electrons. The van der Waals surface area contributed by atoms with Gasteiger partial charge in [-0.05, 0) is 37.0 Å². The van der Waals surface area contributed by atoms with E-state index in [1.165, 1.54) is 12.1 Å². The minimum Gasteiger partial charge on any atom is -0.325 e. The van der Waals surface area contributed by atoms with Gasteiger partial charge in [-0.2, -0.15) is 0 Å². The lowest BCUT2D eigenvalue weighted by molar-refractivity contribution is -0.120. The molecule has 1 aromatic carbocycles. The molecular weight excluding hydrogens is 241 g/mol. The maximum atomic E-state index is 13.2. The normalized spacial score (nSPS) is 17.6. The number of Topliss-reactive ketones (excluding diaryl/α,β-unsaturated/α-hetero) is 1. The van der Waals surface area contributed by atoms with Crippen molar-refractivity contribution >= 4 is 17.4 Å². The molecule has 4 heteroatoms. The molecule has 2 N–H and O–H groups in total. The first-order valence-electron chi connectivity index (χ1n) is 5.73. The Labute approximate surface area is 105 Å². The highest BCUT2D eigenvalue weighted by molar-refractivity contribution is 6.30. The number of carbonyl (C=O) groups excluding carboxylic acids is 1. The van der Waals surface area contributed by atoms with Gasteiger partial charge < -0.3 is 5.73 Å². The Morgan fingerprint density at radius 1 is 1.47 bits per heavy atom. The molecule has 0 spiro atoms. The first kappa shape index (κ1) is 12.5. The summed E-state index contributed by atoms with van der Waals surface area (Å²) in [5.74, 6) is -0.419. The molecule has 0 aliphatic heterocycles. The number of rotatable bonds is 4. The zero-order valence-corrected chi connectivity index (χ0v) is 10.3. The fraction of sp³-hybridized carbons (Fsp3) is 0.462. The highest BCUT2D eigenvalue weighted by Crippen LogP contribution is 2.32. The Hall–Kier alpha value is -0.930. The van der Waals surface area contributed by atoms with E-state index in [-0.39, 0.29) is 22.8 Å². The average Bonchev–Trinajstić information content (AvgIpc) is 2.21. The van der Waals surface area contributed by atoms with Crippen molar-refractivity contribution < 1.29 is 9.18 Å². The van der Waals surface area contributed by atoms with Crippen LogP contribution in [0.15, 0.2) is 18.2 Å². The second kappa shape index (κ2) is 4.75. The van der Waals surface area contributed by atoms with Crippen molar-refractivity contribution in [3.63, 3.8) is 0 Å². The van der Waals surface area contributed by atoms with Crippen LogP contribution in [0, 0.1) is 5.82 Å². The molecule has 2 rings (SSSR count). The van der Waals surface area contributed by atoms with Gasteiger partial charge in [-0.25, -0.2) is 4.39 Å². The van der Waals surface area contributed by atoms with E-state index < -0.39 is 5.82 Å². The quantitative estimate of drug-likeness (QED) is 0.899. The van der Waals surface area contributed by atoms with Gasteiger partial charge in [-0.3, -0.25) is 4.79 Å². The summed E-state index contributed by atoms with van der Waals surface area (Å²) in [5.41, 5.74) is 6.34. The van der Waals surface area contributed by atoms with Crippen LogP contribution in [0.5, 0.6) is 0 Å². The molecule has 2 nitrogen and oxygen atoms in total. The van der Waals surface area contributed by atoms with E-state index in [2.05, 4.69) is 0 Å². The topological polar surface area (TPSA) is 43.1 Å². The Morgan fingerprint density at radius 2 is 2.18 bits per heavy atom. The second-order valence-corrected chi connectivity index (χ2v) is 5.26. The van der Waals surface area contributed by atoms with E-state index in [1.54, 1.807) is 6.07 Å². The Kier molecular flexibility index (Phi) is 3.50. The molecular formula is C13H15ClFNO. The lowest BCUT2D eigenvalue weighted by Crippen LogP contribution is -2.48. The van der Waals surface area contributed by atoms with E-state index in [0.717, 1.165) is 19.3 Å². The molecule has 92 valence electrons. The van der Waals surface area contributed by atoms with Gasteiger partial charge in [0.15, 0.2) is 0 Å².